The Balaban J connectivity index is 1.74. The van der Waals surface area contributed by atoms with Gasteiger partial charge in [0.2, 0.25) is 5.91 Å². The molecule has 0 saturated carbocycles. The Kier molecular flexibility index (Phi) is 5.48. The first-order valence-electron chi connectivity index (χ1n) is 6.82. The van der Waals surface area contributed by atoms with Crippen molar-refractivity contribution in [3.05, 3.63) is 18.0 Å². The van der Waals surface area contributed by atoms with E-state index in [9.17, 15) is 9.59 Å². The Bertz CT molecular complexity index is 514. The maximum atomic E-state index is 12.0. The first kappa shape index (κ1) is 16.0. The van der Waals surface area contributed by atoms with Gasteiger partial charge in [-0.15, -0.1) is 0 Å². The standard InChI is InChI=1S/C13H18N4O5/c1-21-12-15-5-8(6-16-12)4-14-11(18)10-3-2-9(7-22-10)17-13(19)20/h5-6,9-10,17H,2-4,7H2,1H3,(H,14,18)(H,19,20)/t9-,10+/m1/s1. The molecule has 0 spiro atoms. The Hall–Kier alpha value is -2.42. The molecule has 9 nitrogen and oxygen atoms in total. The van der Waals surface area contributed by atoms with Gasteiger partial charge in [-0.05, 0) is 12.8 Å². The van der Waals surface area contributed by atoms with Gasteiger partial charge in [0.05, 0.1) is 19.8 Å². The van der Waals surface area contributed by atoms with E-state index in [0.29, 0.717) is 19.4 Å². The van der Waals surface area contributed by atoms with Crippen LogP contribution >= 0.6 is 0 Å². The van der Waals surface area contributed by atoms with Crippen molar-refractivity contribution in [1.82, 2.24) is 20.6 Å². The molecule has 2 heterocycles. The molecular weight excluding hydrogens is 292 g/mol. The second-order valence-electron chi connectivity index (χ2n) is 4.84. The topological polar surface area (TPSA) is 123 Å². The van der Waals surface area contributed by atoms with Crippen molar-refractivity contribution in [2.24, 2.45) is 0 Å². The number of hydrogen-bond acceptors (Lipinski definition) is 6. The molecule has 1 fully saturated rings. The van der Waals surface area contributed by atoms with Crippen LogP contribution in [0.3, 0.4) is 0 Å². The summed E-state index contributed by atoms with van der Waals surface area (Å²) in [7, 11) is 1.48. The van der Waals surface area contributed by atoms with Crippen LogP contribution in [-0.2, 0) is 16.1 Å². The molecule has 1 aromatic heterocycles. The van der Waals surface area contributed by atoms with Gasteiger partial charge in [-0.3, -0.25) is 4.79 Å². The summed E-state index contributed by atoms with van der Waals surface area (Å²) in [5.41, 5.74) is 0.746. The SMILES string of the molecule is COc1ncc(CNC(=O)[C@@H]2CC[C@@H](NC(=O)O)CO2)cn1. The van der Waals surface area contributed by atoms with E-state index < -0.39 is 12.2 Å². The molecule has 1 aliphatic rings. The van der Waals surface area contributed by atoms with E-state index in [1.54, 1.807) is 12.4 Å². The van der Waals surface area contributed by atoms with Crippen molar-refractivity contribution < 1.29 is 24.2 Å². The zero-order chi connectivity index (χ0) is 15.9. The highest BCUT2D eigenvalue weighted by Gasteiger charge is 2.27. The number of nitrogens with zero attached hydrogens (tertiary/aromatic N) is 2. The first-order valence-corrected chi connectivity index (χ1v) is 6.82. The van der Waals surface area contributed by atoms with E-state index in [4.69, 9.17) is 14.6 Å². The third kappa shape index (κ3) is 4.55. The molecule has 0 unspecified atom stereocenters. The van der Waals surface area contributed by atoms with Crippen molar-refractivity contribution in [1.29, 1.82) is 0 Å². The number of nitrogens with one attached hydrogen (secondary N) is 2. The Morgan fingerprint density at radius 1 is 1.41 bits per heavy atom. The zero-order valence-electron chi connectivity index (χ0n) is 12.1. The van der Waals surface area contributed by atoms with E-state index >= 15 is 0 Å². The summed E-state index contributed by atoms with van der Waals surface area (Å²) < 4.78 is 10.2. The van der Waals surface area contributed by atoms with E-state index in [1.807, 2.05) is 0 Å². The lowest BCUT2D eigenvalue weighted by Crippen LogP contribution is -2.46. The molecule has 0 bridgehead atoms. The van der Waals surface area contributed by atoms with Gasteiger partial charge < -0.3 is 25.2 Å². The minimum Gasteiger partial charge on any atom is -0.467 e. The van der Waals surface area contributed by atoms with Gasteiger partial charge in [-0.1, -0.05) is 0 Å². The molecule has 1 aliphatic heterocycles. The van der Waals surface area contributed by atoms with Gasteiger partial charge in [0.25, 0.3) is 0 Å². The third-order valence-corrected chi connectivity index (χ3v) is 3.23. The molecule has 2 amide bonds. The van der Waals surface area contributed by atoms with Crippen molar-refractivity contribution in [2.45, 2.75) is 31.5 Å². The fraction of sp³-hybridized carbons (Fsp3) is 0.538. The summed E-state index contributed by atoms with van der Waals surface area (Å²) in [6.07, 6.45) is 2.52. The summed E-state index contributed by atoms with van der Waals surface area (Å²) in [6, 6.07) is -0.000740. The minimum atomic E-state index is -1.09. The van der Waals surface area contributed by atoms with Crippen LogP contribution in [0.5, 0.6) is 6.01 Å². The maximum Gasteiger partial charge on any atom is 0.404 e. The molecule has 2 rings (SSSR count). The van der Waals surface area contributed by atoms with Crippen LogP contribution in [0.15, 0.2) is 12.4 Å². The monoisotopic (exact) mass is 310 g/mol. The molecule has 3 N–H and O–H groups in total. The summed E-state index contributed by atoms with van der Waals surface area (Å²) >= 11 is 0. The number of amides is 2. The highest BCUT2D eigenvalue weighted by molar-refractivity contribution is 5.80. The number of methoxy groups -OCH3 is 1. The Morgan fingerprint density at radius 2 is 2.14 bits per heavy atom. The van der Waals surface area contributed by atoms with Crippen LogP contribution in [0.25, 0.3) is 0 Å². The quantitative estimate of drug-likeness (QED) is 0.695. The average Bonchev–Trinajstić information content (AvgIpc) is 2.53. The average molecular weight is 310 g/mol. The molecule has 9 heteroatoms. The number of carbonyl (C=O) groups excluding carboxylic acids is 1. The fourth-order valence-corrected chi connectivity index (χ4v) is 2.09. The molecule has 0 aromatic carbocycles. The lowest BCUT2D eigenvalue weighted by Gasteiger charge is -2.28. The van der Waals surface area contributed by atoms with Gasteiger partial charge in [-0.2, -0.15) is 0 Å². The molecule has 1 aromatic rings. The van der Waals surface area contributed by atoms with Gasteiger partial charge in [0.1, 0.15) is 6.10 Å². The number of aromatic nitrogens is 2. The maximum absolute atomic E-state index is 12.0. The smallest absolute Gasteiger partial charge is 0.404 e. The normalized spacial score (nSPS) is 21.0. The molecule has 2 atom stereocenters. The Morgan fingerprint density at radius 3 is 2.68 bits per heavy atom. The lowest BCUT2D eigenvalue weighted by atomic mass is 10.0. The minimum absolute atomic E-state index is 0.191. The van der Waals surface area contributed by atoms with E-state index in [2.05, 4.69) is 20.6 Å². The van der Waals surface area contributed by atoms with E-state index in [-0.39, 0.29) is 24.6 Å². The number of hydrogen-bond donors (Lipinski definition) is 3. The summed E-state index contributed by atoms with van der Waals surface area (Å²) in [5.74, 6) is -0.232. The lowest BCUT2D eigenvalue weighted by molar-refractivity contribution is -0.136. The van der Waals surface area contributed by atoms with Gasteiger partial charge in [0, 0.05) is 24.5 Å². The molecule has 0 radical (unpaired) electrons. The van der Waals surface area contributed by atoms with Crippen LogP contribution in [-0.4, -0.2) is 52.9 Å². The third-order valence-electron chi connectivity index (χ3n) is 3.23. The second-order valence-corrected chi connectivity index (χ2v) is 4.84. The predicted molar refractivity (Wildman–Crippen MR) is 74.4 cm³/mol. The zero-order valence-corrected chi connectivity index (χ0v) is 12.1. The van der Waals surface area contributed by atoms with Gasteiger partial charge in [0.15, 0.2) is 0 Å². The molecule has 120 valence electrons. The second kappa shape index (κ2) is 7.55. The fourth-order valence-electron chi connectivity index (χ4n) is 2.09. The van der Waals surface area contributed by atoms with Crippen LogP contribution in [0.1, 0.15) is 18.4 Å². The summed E-state index contributed by atoms with van der Waals surface area (Å²) in [5, 5.41) is 13.7. The van der Waals surface area contributed by atoms with Crippen molar-refractivity contribution >= 4 is 12.0 Å². The summed E-state index contributed by atoms with van der Waals surface area (Å²) in [6.45, 7) is 0.482. The van der Waals surface area contributed by atoms with Gasteiger partial charge >= 0.3 is 12.1 Å². The number of rotatable bonds is 5. The number of carbonyl (C=O) groups is 2. The first-order chi connectivity index (χ1) is 10.6. The molecular formula is C13H18N4O5. The predicted octanol–water partition coefficient (Wildman–Crippen LogP) is -0.0834. The van der Waals surface area contributed by atoms with Crippen molar-refractivity contribution in [3.63, 3.8) is 0 Å². The number of carboxylic acid groups (broad SMARTS) is 1. The van der Waals surface area contributed by atoms with E-state index in [0.717, 1.165) is 5.56 Å². The molecule has 1 saturated heterocycles. The summed E-state index contributed by atoms with van der Waals surface area (Å²) in [4.78, 5) is 30.4. The van der Waals surface area contributed by atoms with E-state index in [1.165, 1.54) is 7.11 Å². The van der Waals surface area contributed by atoms with Crippen LogP contribution in [0.4, 0.5) is 4.79 Å². The van der Waals surface area contributed by atoms with Gasteiger partial charge in [-0.25, -0.2) is 14.8 Å². The largest absolute Gasteiger partial charge is 0.467 e. The van der Waals surface area contributed by atoms with Crippen LogP contribution < -0.4 is 15.4 Å². The van der Waals surface area contributed by atoms with Crippen LogP contribution in [0.2, 0.25) is 0 Å². The van der Waals surface area contributed by atoms with Crippen molar-refractivity contribution in [3.8, 4) is 6.01 Å². The highest BCUT2D eigenvalue weighted by atomic mass is 16.5. The number of ether oxygens (including phenoxy) is 2. The molecule has 0 aliphatic carbocycles. The highest BCUT2D eigenvalue weighted by Crippen LogP contribution is 2.14. The Labute approximate surface area is 127 Å². The van der Waals surface area contributed by atoms with Crippen molar-refractivity contribution in [2.75, 3.05) is 13.7 Å². The van der Waals surface area contributed by atoms with Crippen LogP contribution in [0, 0.1) is 0 Å². The molecule has 22 heavy (non-hydrogen) atoms.